The molecule has 0 aromatic rings. The fourth-order valence-corrected chi connectivity index (χ4v) is 1.58. The summed E-state index contributed by atoms with van der Waals surface area (Å²) < 4.78 is 0. The Morgan fingerprint density at radius 1 is 1.50 bits per heavy atom. The highest BCUT2D eigenvalue weighted by Crippen LogP contribution is 2.27. The summed E-state index contributed by atoms with van der Waals surface area (Å²) >= 11 is 0. The lowest BCUT2D eigenvalue weighted by Crippen LogP contribution is -2.25. The van der Waals surface area contributed by atoms with E-state index in [0.717, 1.165) is 12.8 Å². The van der Waals surface area contributed by atoms with Gasteiger partial charge in [0.1, 0.15) is 0 Å². The van der Waals surface area contributed by atoms with Gasteiger partial charge in [-0.25, -0.2) is 5.90 Å². The summed E-state index contributed by atoms with van der Waals surface area (Å²) in [4.78, 5) is 4.37. The van der Waals surface area contributed by atoms with Gasteiger partial charge in [-0.05, 0) is 18.8 Å². The van der Waals surface area contributed by atoms with Crippen molar-refractivity contribution in [1.29, 1.82) is 0 Å². The van der Waals surface area contributed by atoms with Crippen LogP contribution in [0.25, 0.3) is 0 Å². The van der Waals surface area contributed by atoms with Crippen molar-refractivity contribution in [1.82, 2.24) is 0 Å². The number of rotatable bonds is 3. The predicted molar refractivity (Wildman–Crippen MR) is 38.1 cm³/mol. The maximum Gasteiger partial charge on any atom is 0.0941 e. The first kappa shape index (κ1) is 7.98. The lowest BCUT2D eigenvalue weighted by molar-refractivity contribution is 0.00568. The van der Waals surface area contributed by atoms with Crippen LogP contribution in [-0.4, -0.2) is 17.8 Å². The second-order valence-corrected chi connectivity index (χ2v) is 2.95. The van der Waals surface area contributed by atoms with Crippen LogP contribution in [0.15, 0.2) is 0 Å². The molecule has 3 heteroatoms. The summed E-state index contributed by atoms with van der Waals surface area (Å²) in [7, 11) is 0. The lowest BCUT2D eigenvalue weighted by atomic mass is 10.0. The van der Waals surface area contributed by atoms with Gasteiger partial charge in [0.05, 0.1) is 12.7 Å². The predicted octanol–water partition coefficient (Wildman–Crippen LogP) is 0.428. The van der Waals surface area contributed by atoms with Crippen molar-refractivity contribution in [2.24, 2.45) is 11.8 Å². The van der Waals surface area contributed by atoms with Gasteiger partial charge in [0, 0.05) is 0 Å². The molecule has 3 N–H and O–H groups in total. The van der Waals surface area contributed by atoms with Gasteiger partial charge in [-0.1, -0.05) is 12.8 Å². The Bertz CT molecular complexity index is 91.6. The first-order chi connectivity index (χ1) is 4.84. The molecule has 0 radical (unpaired) electrons. The molecule has 1 aliphatic carbocycles. The van der Waals surface area contributed by atoms with E-state index in [9.17, 15) is 5.11 Å². The van der Waals surface area contributed by atoms with Crippen LogP contribution in [0.5, 0.6) is 0 Å². The summed E-state index contributed by atoms with van der Waals surface area (Å²) in [6.45, 7) is 0.282. The van der Waals surface area contributed by atoms with E-state index in [4.69, 9.17) is 5.90 Å². The number of hydrogen-bond donors (Lipinski definition) is 2. The van der Waals surface area contributed by atoms with Crippen molar-refractivity contribution in [3.8, 4) is 0 Å². The van der Waals surface area contributed by atoms with Crippen molar-refractivity contribution in [3.63, 3.8) is 0 Å². The molecule has 0 aromatic carbocycles. The molecule has 60 valence electrons. The molecule has 1 saturated carbocycles. The second-order valence-electron chi connectivity index (χ2n) is 2.95. The van der Waals surface area contributed by atoms with E-state index in [-0.39, 0.29) is 12.7 Å². The highest BCUT2D eigenvalue weighted by molar-refractivity contribution is 4.73. The molecule has 0 heterocycles. The van der Waals surface area contributed by atoms with E-state index in [1.165, 1.54) is 12.8 Å². The second kappa shape index (κ2) is 3.91. The SMILES string of the molecule is NOCC(O)C1CCCC1. The van der Waals surface area contributed by atoms with E-state index < -0.39 is 0 Å². The molecule has 1 fully saturated rings. The molecule has 10 heavy (non-hydrogen) atoms. The summed E-state index contributed by atoms with van der Waals surface area (Å²) in [5, 5.41) is 9.34. The highest BCUT2D eigenvalue weighted by atomic mass is 16.6. The fraction of sp³-hybridized carbons (Fsp3) is 1.00. The minimum atomic E-state index is -0.340. The summed E-state index contributed by atoms with van der Waals surface area (Å²) in [6, 6.07) is 0. The van der Waals surface area contributed by atoms with Crippen LogP contribution in [0, 0.1) is 5.92 Å². The van der Waals surface area contributed by atoms with Crippen molar-refractivity contribution in [2.45, 2.75) is 31.8 Å². The third-order valence-electron chi connectivity index (χ3n) is 2.21. The van der Waals surface area contributed by atoms with E-state index in [1.54, 1.807) is 0 Å². The molecular formula is C7H15NO2. The molecule has 0 aromatic heterocycles. The minimum absolute atomic E-state index is 0.282. The van der Waals surface area contributed by atoms with Crippen LogP contribution >= 0.6 is 0 Å². The monoisotopic (exact) mass is 145 g/mol. The lowest BCUT2D eigenvalue weighted by Gasteiger charge is -2.15. The topological polar surface area (TPSA) is 55.5 Å². The van der Waals surface area contributed by atoms with Gasteiger partial charge in [0.25, 0.3) is 0 Å². The zero-order valence-electron chi connectivity index (χ0n) is 6.12. The van der Waals surface area contributed by atoms with Crippen molar-refractivity contribution in [3.05, 3.63) is 0 Å². The van der Waals surface area contributed by atoms with Crippen molar-refractivity contribution < 1.29 is 9.94 Å². The zero-order valence-corrected chi connectivity index (χ0v) is 6.12. The number of hydrogen-bond acceptors (Lipinski definition) is 3. The standard InChI is InChI=1S/C7H15NO2/c8-10-5-7(9)6-3-1-2-4-6/h6-7,9H,1-5,8H2. The van der Waals surface area contributed by atoms with Gasteiger partial charge in [-0.2, -0.15) is 0 Å². The van der Waals surface area contributed by atoms with Crippen molar-refractivity contribution >= 4 is 0 Å². The van der Waals surface area contributed by atoms with E-state index in [1.807, 2.05) is 0 Å². The molecular weight excluding hydrogens is 130 g/mol. The molecule has 1 unspecified atom stereocenters. The van der Waals surface area contributed by atoms with Crippen LogP contribution in [0.3, 0.4) is 0 Å². The maximum absolute atomic E-state index is 9.34. The molecule has 0 spiro atoms. The minimum Gasteiger partial charge on any atom is -0.390 e. The number of nitrogens with two attached hydrogens (primary N) is 1. The van der Waals surface area contributed by atoms with Crippen molar-refractivity contribution in [2.75, 3.05) is 6.61 Å². The summed E-state index contributed by atoms with van der Waals surface area (Å²) in [6.07, 6.45) is 4.40. The zero-order chi connectivity index (χ0) is 7.40. The largest absolute Gasteiger partial charge is 0.390 e. The Morgan fingerprint density at radius 3 is 2.60 bits per heavy atom. The Morgan fingerprint density at radius 2 is 2.10 bits per heavy atom. The van der Waals surface area contributed by atoms with Crippen LogP contribution < -0.4 is 5.90 Å². The van der Waals surface area contributed by atoms with Crippen LogP contribution in [0.1, 0.15) is 25.7 Å². The molecule has 1 aliphatic rings. The third-order valence-corrected chi connectivity index (χ3v) is 2.21. The fourth-order valence-electron chi connectivity index (χ4n) is 1.58. The van der Waals surface area contributed by atoms with E-state index in [0.29, 0.717) is 5.92 Å². The van der Waals surface area contributed by atoms with Gasteiger partial charge < -0.3 is 9.94 Å². The van der Waals surface area contributed by atoms with E-state index in [2.05, 4.69) is 4.84 Å². The van der Waals surface area contributed by atoms with Crippen LogP contribution in [0.2, 0.25) is 0 Å². The first-order valence-corrected chi connectivity index (χ1v) is 3.84. The Kier molecular flexibility index (Phi) is 3.12. The first-order valence-electron chi connectivity index (χ1n) is 3.84. The van der Waals surface area contributed by atoms with Gasteiger partial charge in [-0.3, -0.25) is 0 Å². The number of aliphatic hydroxyl groups excluding tert-OH is 1. The van der Waals surface area contributed by atoms with E-state index >= 15 is 0 Å². The Hall–Kier alpha value is -0.120. The molecule has 3 nitrogen and oxygen atoms in total. The molecule has 1 atom stereocenters. The Labute approximate surface area is 61.1 Å². The molecule has 0 bridgehead atoms. The third kappa shape index (κ3) is 1.94. The average Bonchev–Trinajstić information content (AvgIpc) is 2.38. The molecule has 0 amide bonds. The quantitative estimate of drug-likeness (QED) is 0.566. The number of aliphatic hydroxyl groups is 1. The summed E-state index contributed by atoms with van der Waals surface area (Å²) in [5.74, 6) is 5.27. The normalized spacial score (nSPS) is 23.4. The summed E-state index contributed by atoms with van der Waals surface area (Å²) in [5.41, 5.74) is 0. The van der Waals surface area contributed by atoms with Gasteiger partial charge in [0.15, 0.2) is 0 Å². The van der Waals surface area contributed by atoms with Gasteiger partial charge >= 0.3 is 0 Å². The molecule has 0 saturated heterocycles. The van der Waals surface area contributed by atoms with Crippen LogP contribution in [-0.2, 0) is 4.84 Å². The highest BCUT2D eigenvalue weighted by Gasteiger charge is 2.22. The van der Waals surface area contributed by atoms with Crippen LogP contribution in [0.4, 0.5) is 0 Å². The average molecular weight is 145 g/mol. The van der Waals surface area contributed by atoms with Gasteiger partial charge in [0.2, 0.25) is 0 Å². The molecule has 0 aliphatic heterocycles. The smallest absolute Gasteiger partial charge is 0.0941 e. The van der Waals surface area contributed by atoms with Gasteiger partial charge in [-0.15, -0.1) is 0 Å². The Balaban J connectivity index is 2.18. The molecule has 1 rings (SSSR count). The maximum atomic E-state index is 9.34.